The van der Waals surface area contributed by atoms with E-state index in [0.717, 1.165) is 11.1 Å². The monoisotopic (exact) mass is 404 g/mol. The number of hydrogen-bond acceptors (Lipinski definition) is 4. The minimum absolute atomic E-state index is 0.0366. The van der Waals surface area contributed by atoms with Crippen LogP contribution < -0.4 is 15.8 Å². The number of alkyl halides is 3. The number of aliphatic imine (C=N–C) groups is 1. The van der Waals surface area contributed by atoms with Crippen LogP contribution in [-0.2, 0) is 6.42 Å². The van der Waals surface area contributed by atoms with Gasteiger partial charge in [0.05, 0.1) is 11.4 Å². The average Bonchev–Trinajstić information content (AvgIpc) is 3.12. The van der Waals surface area contributed by atoms with E-state index in [0.29, 0.717) is 18.0 Å². The molecule has 0 radical (unpaired) electrons. The molecule has 3 aromatic rings. The van der Waals surface area contributed by atoms with Crippen molar-refractivity contribution in [3.63, 3.8) is 0 Å². The van der Waals surface area contributed by atoms with Gasteiger partial charge in [-0.3, -0.25) is 4.99 Å². The highest BCUT2D eigenvalue weighted by Crippen LogP contribution is 2.29. The number of ether oxygens (including phenoxy) is 1. The summed E-state index contributed by atoms with van der Waals surface area (Å²) < 4.78 is 46.8. The first-order chi connectivity index (χ1) is 13.8. The minimum Gasteiger partial charge on any atom is -0.444 e. The molecule has 0 aliphatic carbocycles. The molecule has 9 heteroatoms. The maximum atomic E-state index is 12.5. The van der Waals surface area contributed by atoms with E-state index in [-0.39, 0.29) is 18.2 Å². The van der Waals surface area contributed by atoms with Gasteiger partial charge in [-0.25, -0.2) is 4.98 Å². The molecule has 0 atom stereocenters. The van der Waals surface area contributed by atoms with Crippen LogP contribution in [0.2, 0.25) is 0 Å². The summed E-state index contributed by atoms with van der Waals surface area (Å²) in [7, 11) is 0. The van der Waals surface area contributed by atoms with Crippen molar-refractivity contribution in [2.24, 2.45) is 10.7 Å². The van der Waals surface area contributed by atoms with Crippen LogP contribution in [0.1, 0.15) is 11.3 Å². The Morgan fingerprint density at radius 3 is 2.62 bits per heavy atom. The summed E-state index contributed by atoms with van der Waals surface area (Å²) in [6, 6.07) is 13.4. The van der Waals surface area contributed by atoms with Gasteiger partial charge in [-0.05, 0) is 31.2 Å². The van der Waals surface area contributed by atoms with Crippen molar-refractivity contribution in [1.82, 2.24) is 4.98 Å². The predicted octanol–water partition coefficient (Wildman–Crippen LogP) is 4.52. The molecule has 3 N–H and O–H groups in total. The lowest BCUT2D eigenvalue weighted by Gasteiger charge is -2.14. The number of rotatable bonds is 6. The molecule has 0 amide bonds. The predicted molar refractivity (Wildman–Crippen MR) is 104 cm³/mol. The van der Waals surface area contributed by atoms with Crippen molar-refractivity contribution >= 4 is 11.6 Å². The molecule has 6 nitrogen and oxygen atoms in total. The Hall–Kier alpha value is -3.49. The third-order valence-corrected chi connectivity index (χ3v) is 3.88. The smallest absolute Gasteiger partial charge is 0.444 e. The summed E-state index contributed by atoms with van der Waals surface area (Å²) in [5, 5.41) is 2.61. The first-order valence-electron chi connectivity index (χ1n) is 8.73. The molecule has 0 bridgehead atoms. The van der Waals surface area contributed by atoms with E-state index >= 15 is 0 Å². The second-order valence-electron chi connectivity index (χ2n) is 6.20. The number of nitrogens with one attached hydrogen (secondary N) is 1. The van der Waals surface area contributed by atoms with Crippen LogP contribution in [0.15, 0.2) is 64.2 Å². The van der Waals surface area contributed by atoms with Crippen LogP contribution >= 0.6 is 0 Å². The largest absolute Gasteiger partial charge is 0.573 e. The van der Waals surface area contributed by atoms with E-state index in [1.807, 2.05) is 31.2 Å². The van der Waals surface area contributed by atoms with Gasteiger partial charge in [0, 0.05) is 18.5 Å². The molecule has 0 spiro atoms. The average molecular weight is 404 g/mol. The second-order valence-corrected chi connectivity index (χ2v) is 6.20. The zero-order valence-electron chi connectivity index (χ0n) is 15.5. The molecular weight excluding hydrogens is 385 g/mol. The maximum absolute atomic E-state index is 12.5. The van der Waals surface area contributed by atoms with Gasteiger partial charge in [0.2, 0.25) is 5.89 Å². The summed E-state index contributed by atoms with van der Waals surface area (Å²) in [5.41, 5.74) is 8.54. The fraction of sp³-hybridized carbons (Fsp3) is 0.200. The number of oxazole rings is 1. The Labute approximate surface area is 165 Å². The van der Waals surface area contributed by atoms with Crippen molar-refractivity contribution < 1.29 is 22.3 Å². The topological polar surface area (TPSA) is 85.7 Å². The maximum Gasteiger partial charge on any atom is 0.573 e. The molecule has 1 heterocycles. The standard InChI is InChI=1S/C20H19F3N4O2/c1-13-6-8-14(9-7-13)18-26-15(12-28-18)10-11-25-19(24)27-16-4-2-3-5-17(16)29-20(21,22)23/h2-9,12H,10-11H2,1H3,(H3,24,25,27). The molecule has 1 aromatic heterocycles. The zero-order chi connectivity index (χ0) is 20.9. The van der Waals surface area contributed by atoms with Gasteiger partial charge in [0.25, 0.3) is 0 Å². The molecule has 0 saturated carbocycles. The lowest BCUT2D eigenvalue weighted by atomic mass is 10.1. The number of hydrogen-bond donors (Lipinski definition) is 2. The van der Waals surface area contributed by atoms with Crippen molar-refractivity contribution in [3.8, 4) is 17.2 Å². The third kappa shape index (κ3) is 6.00. The normalized spacial score (nSPS) is 12.1. The Balaban J connectivity index is 1.58. The fourth-order valence-corrected chi connectivity index (χ4v) is 2.50. The van der Waals surface area contributed by atoms with Crippen molar-refractivity contribution in [1.29, 1.82) is 0 Å². The summed E-state index contributed by atoms with van der Waals surface area (Å²) in [6.45, 7) is 2.27. The SMILES string of the molecule is Cc1ccc(-c2nc(CCN=C(N)Nc3ccccc3OC(F)(F)F)co2)cc1. The summed E-state index contributed by atoms with van der Waals surface area (Å²) >= 11 is 0. The molecule has 0 aliphatic rings. The van der Waals surface area contributed by atoms with E-state index in [4.69, 9.17) is 10.2 Å². The van der Waals surface area contributed by atoms with Crippen LogP contribution in [0.5, 0.6) is 5.75 Å². The van der Waals surface area contributed by atoms with Crippen LogP contribution in [0.25, 0.3) is 11.5 Å². The molecular formula is C20H19F3N4O2. The minimum atomic E-state index is -4.80. The lowest BCUT2D eigenvalue weighted by Crippen LogP contribution is -2.24. The number of anilines is 1. The Morgan fingerprint density at radius 1 is 1.17 bits per heavy atom. The molecule has 152 valence electrons. The van der Waals surface area contributed by atoms with E-state index in [1.165, 1.54) is 18.2 Å². The number of para-hydroxylation sites is 2. The van der Waals surface area contributed by atoms with E-state index < -0.39 is 12.1 Å². The van der Waals surface area contributed by atoms with Gasteiger partial charge >= 0.3 is 6.36 Å². The quantitative estimate of drug-likeness (QED) is 0.466. The first kappa shape index (κ1) is 20.2. The number of guanidine groups is 1. The highest BCUT2D eigenvalue weighted by Gasteiger charge is 2.32. The molecule has 3 rings (SSSR count). The molecule has 0 unspecified atom stereocenters. The van der Waals surface area contributed by atoms with Crippen LogP contribution in [-0.4, -0.2) is 23.9 Å². The van der Waals surface area contributed by atoms with E-state index in [2.05, 4.69) is 20.0 Å². The van der Waals surface area contributed by atoms with Gasteiger partial charge < -0.3 is 20.2 Å². The van der Waals surface area contributed by atoms with Crippen LogP contribution in [0, 0.1) is 6.92 Å². The number of halogens is 3. The highest BCUT2D eigenvalue weighted by molar-refractivity contribution is 5.93. The molecule has 29 heavy (non-hydrogen) atoms. The Bertz CT molecular complexity index is 982. The van der Waals surface area contributed by atoms with Gasteiger partial charge in [-0.1, -0.05) is 29.8 Å². The second kappa shape index (κ2) is 8.68. The Morgan fingerprint density at radius 2 is 1.90 bits per heavy atom. The molecule has 2 aromatic carbocycles. The van der Waals surface area contributed by atoms with Crippen molar-refractivity contribution in [3.05, 3.63) is 66.1 Å². The number of aryl methyl sites for hydroxylation is 1. The summed E-state index contributed by atoms with van der Waals surface area (Å²) in [6.07, 6.45) is -2.80. The summed E-state index contributed by atoms with van der Waals surface area (Å²) in [4.78, 5) is 8.51. The van der Waals surface area contributed by atoms with Gasteiger partial charge in [0.15, 0.2) is 11.7 Å². The highest BCUT2D eigenvalue weighted by atomic mass is 19.4. The number of nitrogens with zero attached hydrogens (tertiary/aromatic N) is 2. The van der Waals surface area contributed by atoms with Gasteiger partial charge in [-0.2, -0.15) is 0 Å². The van der Waals surface area contributed by atoms with Crippen LogP contribution in [0.4, 0.5) is 18.9 Å². The van der Waals surface area contributed by atoms with E-state index in [9.17, 15) is 13.2 Å². The summed E-state index contributed by atoms with van der Waals surface area (Å²) in [5.74, 6) is 0.0798. The number of aromatic nitrogens is 1. The molecule has 0 fully saturated rings. The van der Waals surface area contributed by atoms with Crippen LogP contribution in [0.3, 0.4) is 0 Å². The van der Waals surface area contributed by atoms with Crippen molar-refractivity contribution in [2.45, 2.75) is 19.7 Å². The van der Waals surface area contributed by atoms with Gasteiger partial charge in [-0.15, -0.1) is 13.2 Å². The van der Waals surface area contributed by atoms with Crippen molar-refractivity contribution in [2.75, 3.05) is 11.9 Å². The fourth-order valence-electron chi connectivity index (χ4n) is 2.50. The Kier molecular flexibility index (Phi) is 6.06. The zero-order valence-corrected chi connectivity index (χ0v) is 15.5. The van der Waals surface area contributed by atoms with Gasteiger partial charge in [0.1, 0.15) is 6.26 Å². The third-order valence-electron chi connectivity index (χ3n) is 3.88. The lowest BCUT2D eigenvalue weighted by molar-refractivity contribution is -0.274. The number of nitrogens with two attached hydrogens (primary N) is 1. The molecule has 0 saturated heterocycles. The molecule has 0 aliphatic heterocycles. The van der Waals surface area contributed by atoms with E-state index in [1.54, 1.807) is 12.3 Å². The first-order valence-corrected chi connectivity index (χ1v) is 8.73. The number of benzene rings is 2.